The SMILES string of the molecule is COc1ccc(S(=O)(=O)N2CCCC(C(=O)NCCNc3ccnc4cc(Cl)ccc34)C2)cc1OC. The standard InChI is InChI=1S/C25H29ClN4O5S/c1-34-23-8-6-19(15-24(23)35-2)36(32,33)30-13-3-4-17(16-30)25(31)29-12-11-28-21-9-10-27-22-14-18(26)5-7-20(21)22/h5-10,14-15,17H,3-4,11-13,16H2,1-2H3,(H,27,28)(H,29,31). The molecule has 1 amide bonds. The first-order chi connectivity index (χ1) is 17.3. The lowest BCUT2D eigenvalue weighted by Crippen LogP contribution is -2.46. The van der Waals surface area contributed by atoms with Gasteiger partial charge in [-0.15, -0.1) is 0 Å². The summed E-state index contributed by atoms with van der Waals surface area (Å²) >= 11 is 6.05. The maximum atomic E-state index is 13.2. The molecule has 0 spiro atoms. The number of nitrogens with one attached hydrogen (secondary N) is 2. The van der Waals surface area contributed by atoms with E-state index in [1.54, 1.807) is 18.3 Å². The molecule has 1 saturated heterocycles. The zero-order chi connectivity index (χ0) is 25.7. The smallest absolute Gasteiger partial charge is 0.243 e. The highest BCUT2D eigenvalue weighted by atomic mass is 35.5. The minimum absolute atomic E-state index is 0.108. The number of aromatic nitrogens is 1. The highest BCUT2D eigenvalue weighted by molar-refractivity contribution is 7.89. The molecule has 4 rings (SSSR count). The number of amides is 1. The van der Waals surface area contributed by atoms with Gasteiger partial charge in [0, 0.05) is 54.5 Å². The highest BCUT2D eigenvalue weighted by Gasteiger charge is 2.33. The van der Waals surface area contributed by atoms with Gasteiger partial charge in [0.25, 0.3) is 0 Å². The largest absolute Gasteiger partial charge is 0.493 e. The number of carbonyl (C=O) groups is 1. The van der Waals surface area contributed by atoms with Crippen molar-refractivity contribution in [2.45, 2.75) is 17.7 Å². The third kappa shape index (κ3) is 5.66. The van der Waals surface area contributed by atoms with E-state index < -0.39 is 15.9 Å². The fraction of sp³-hybridized carbons (Fsp3) is 0.360. The number of halogens is 1. The van der Waals surface area contributed by atoms with Gasteiger partial charge in [-0.25, -0.2) is 8.42 Å². The molecule has 2 heterocycles. The molecule has 2 N–H and O–H groups in total. The molecule has 1 unspecified atom stereocenters. The van der Waals surface area contributed by atoms with E-state index in [0.717, 1.165) is 16.6 Å². The summed E-state index contributed by atoms with van der Waals surface area (Å²) < 4.78 is 38.3. The lowest BCUT2D eigenvalue weighted by atomic mass is 9.99. The van der Waals surface area contributed by atoms with E-state index in [1.165, 1.54) is 30.7 Å². The summed E-state index contributed by atoms with van der Waals surface area (Å²) in [5, 5.41) is 7.80. The maximum absolute atomic E-state index is 13.2. The van der Waals surface area contributed by atoms with Crippen molar-refractivity contribution in [1.82, 2.24) is 14.6 Å². The van der Waals surface area contributed by atoms with Gasteiger partial charge in [0.05, 0.1) is 30.5 Å². The van der Waals surface area contributed by atoms with E-state index in [4.69, 9.17) is 21.1 Å². The van der Waals surface area contributed by atoms with Gasteiger partial charge in [-0.05, 0) is 49.2 Å². The Balaban J connectivity index is 1.34. The summed E-state index contributed by atoms with van der Waals surface area (Å²) in [7, 11) is -0.835. The van der Waals surface area contributed by atoms with E-state index in [0.29, 0.717) is 49.0 Å². The molecule has 1 fully saturated rings. The Morgan fingerprint density at radius 1 is 1.11 bits per heavy atom. The summed E-state index contributed by atoms with van der Waals surface area (Å²) in [4.78, 5) is 17.3. The number of piperidine rings is 1. The molecule has 3 aromatic rings. The molecular weight excluding hydrogens is 504 g/mol. The molecule has 1 atom stereocenters. The average molecular weight is 533 g/mol. The Morgan fingerprint density at radius 3 is 2.69 bits per heavy atom. The normalized spacial score (nSPS) is 16.5. The van der Waals surface area contributed by atoms with E-state index in [2.05, 4.69) is 15.6 Å². The monoisotopic (exact) mass is 532 g/mol. The molecule has 1 aromatic heterocycles. The second-order valence-corrected chi connectivity index (χ2v) is 10.8. The first-order valence-electron chi connectivity index (χ1n) is 11.6. The maximum Gasteiger partial charge on any atom is 0.243 e. The van der Waals surface area contributed by atoms with E-state index in [9.17, 15) is 13.2 Å². The summed E-state index contributed by atoms with van der Waals surface area (Å²) in [6, 6.07) is 11.9. The molecule has 0 saturated carbocycles. The lowest BCUT2D eigenvalue weighted by molar-refractivity contribution is -0.125. The van der Waals surface area contributed by atoms with Crippen LogP contribution in [0.3, 0.4) is 0 Å². The van der Waals surface area contributed by atoms with Gasteiger partial charge in [-0.1, -0.05) is 11.6 Å². The van der Waals surface area contributed by atoms with Gasteiger partial charge in [0.15, 0.2) is 11.5 Å². The first-order valence-corrected chi connectivity index (χ1v) is 13.4. The molecule has 2 aromatic carbocycles. The van der Waals surface area contributed by atoms with Gasteiger partial charge in [-0.3, -0.25) is 9.78 Å². The number of anilines is 1. The van der Waals surface area contributed by atoms with Gasteiger partial charge in [0.1, 0.15) is 0 Å². The summed E-state index contributed by atoms with van der Waals surface area (Å²) in [6.07, 6.45) is 2.94. The van der Waals surface area contributed by atoms with E-state index in [1.807, 2.05) is 18.2 Å². The van der Waals surface area contributed by atoms with Crippen LogP contribution in [0.1, 0.15) is 12.8 Å². The fourth-order valence-corrected chi connectivity index (χ4v) is 6.01. The third-order valence-electron chi connectivity index (χ3n) is 6.19. The molecule has 9 nitrogen and oxygen atoms in total. The van der Waals surface area contributed by atoms with Crippen LogP contribution in [0.4, 0.5) is 5.69 Å². The van der Waals surface area contributed by atoms with Crippen LogP contribution in [0.2, 0.25) is 5.02 Å². The minimum Gasteiger partial charge on any atom is -0.493 e. The molecule has 0 aliphatic carbocycles. The summed E-state index contributed by atoms with van der Waals surface area (Å²) in [6.45, 7) is 1.40. The van der Waals surface area contributed by atoms with Crippen molar-refractivity contribution >= 4 is 44.1 Å². The Bertz CT molecular complexity index is 1350. The number of ether oxygens (including phenoxy) is 2. The van der Waals surface area contributed by atoms with Crippen LogP contribution in [-0.4, -0.2) is 64.0 Å². The number of hydrogen-bond acceptors (Lipinski definition) is 7. The van der Waals surface area contributed by atoms with Crippen LogP contribution >= 0.6 is 11.6 Å². The second-order valence-electron chi connectivity index (χ2n) is 8.46. The number of nitrogens with zero attached hydrogens (tertiary/aromatic N) is 2. The lowest BCUT2D eigenvalue weighted by Gasteiger charge is -2.31. The van der Waals surface area contributed by atoms with E-state index >= 15 is 0 Å². The van der Waals surface area contributed by atoms with Crippen molar-refractivity contribution in [3.63, 3.8) is 0 Å². The van der Waals surface area contributed by atoms with Gasteiger partial charge < -0.3 is 20.1 Å². The van der Waals surface area contributed by atoms with Crippen LogP contribution in [0.25, 0.3) is 10.9 Å². The van der Waals surface area contributed by atoms with Crippen molar-refractivity contribution < 1.29 is 22.7 Å². The Hall–Kier alpha value is -3.08. The third-order valence-corrected chi connectivity index (χ3v) is 8.29. The molecule has 0 radical (unpaired) electrons. The number of pyridine rings is 1. The fourth-order valence-electron chi connectivity index (χ4n) is 4.30. The van der Waals surface area contributed by atoms with Crippen LogP contribution in [0, 0.1) is 5.92 Å². The van der Waals surface area contributed by atoms with Crippen molar-refractivity contribution in [2.24, 2.45) is 5.92 Å². The predicted octanol–water partition coefficient (Wildman–Crippen LogP) is 3.53. The Labute approximate surface area is 215 Å². The minimum atomic E-state index is -3.78. The molecule has 1 aliphatic heterocycles. The van der Waals surface area contributed by atoms with Crippen LogP contribution in [0.15, 0.2) is 53.6 Å². The molecule has 11 heteroatoms. The Morgan fingerprint density at radius 2 is 1.92 bits per heavy atom. The first kappa shape index (κ1) is 26.0. The van der Waals surface area contributed by atoms with Crippen LogP contribution in [0.5, 0.6) is 11.5 Å². The molecular formula is C25H29ClN4O5S. The Kier molecular flexibility index (Phi) is 8.17. The number of fused-ring (bicyclic) bond motifs is 1. The number of rotatable bonds is 9. The summed E-state index contributed by atoms with van der Waals surface area (Å²) in [5.41, 5.74) is 1.69. The number of sulfonamides is 1. The van der Waals surface area contributed by atoms with E-state index in [-0.39, 0.29) is 17.3 Å². The molecule has 36 heavy (non-hydrogen) atoms. The van der Waals surface area contributed by atoms with Gasteiger partial charge in [0.2, 0.25) is 15.9 Å². The van der Waals surface area contributed by atoms with Crippen molar-refractivity contribution in [3.05, 3.63) is 53.7 Å². The predicted molar refractivity (Wildman–Crippen MR) is 139 cm³/mol. The zero-order valence-electron chi connectivity index (χ0n) is 20.2. The number of carbonyl (C=O) groups excluding carboxylic acids is 1. The average Bonchev–Trinajstić information content (AvgIpc) is 2.90. The van der Waals surface area contributed by atoms with Crippen molar-refractivity contribution in [1.29, 1.82) is 0 Å². The van der Waals surface area contributed by atoms with Gasteiger partial charge >= 0.3 is 0 Å². The summed E-state index contributed by atoms with van der Waals surface area (Å²) in [5.74, 6) is 0.208. The van der Waals surface area contributed by atoms with Crippen LogP contribution < -0.4 is 20.1 Å². The molecule has 1 aliphatic rings. The van der Waals surface area contributed by atoms with Crippen molar-refractivity contribution in [3.8, 4) is 11.5 Å². The molecule has 0 bridgehead atoms. The number of methoxy groups -OCH3 is 2. The molecule has 192 valence electrons. The van der Waals surface area contributed by atoms with Crippen LogP contribution in [-0.2, 0) is 14.8 Å². The quantitative estimate of drug-likeness (QED) is 0.406. The highest BCUT2D eigenvalue weighted by Crippen LogP contribution is 2.32. The zero-order valence-corrected chi connectivity index (χ0v) is 21.7. The number of hydrogen-bond donors (Lipinski definition) is 2. The van der Waals surface area contributed by atoms with Crippen molar-refractivity contribution in [2.75, 3.05) is 45.7 Å². The van der Waals surface area contributed by atoms with Gasteiger partial charge in [-0.2, -0.15) is 4.31 Å². The number of benzene rings is 2. The topological polar surface area (TPSA) is 110 Å². The second kappa shape index (κ2) is 11.3.